The van der Waals surface area contributed by atoms with Crippen molar-refractivity contribution in [1.29, 1.82) is 0 Å². The topological polar surface area (TPSA) is 102 Å². The van der Waals surface area contributed by atoms with Crippen molar-refractivity contribution < 1.29 is 26.9 Å². The van der Waals surface area contributed by atoms with Gasteiger partial charge in [0.1, 0.15) is 5.60 Å². The van der Waals surface area contributed by atoms with E-state index in [1.807, 2.05) is 36.4 Å². The number of hydrogen-bond acceptors (Lipinski definition) is 5. The van der Waals surface area contributed by atoms with Gasteiger partial charge >= 0.3 is 6.09 Å². The molecule has 7 nitrogen and oxygen atoms in total. The molecule has 2 N–H and O–H groups in total. The lowest BCUT2D eigenvalue weighted by molar-refractivity contribution is 0.0498. The molecule has 9 heteroatoms. The van der Waals surface area contributed by atoms with Gasteiger partial charge in [0, 0.05) is 12.6 Å². The summed E-state index contributed by atoms with van der Waals surface area (Å²) in [6.45, 7) is 12.3. The Morgan fingerprint density at radius 3 is 1.83 bits per heavy atom. The summed E-state index contributed by atoms with van der Waals surface area (Å²) in [6, 6.07) is 20.2. The molecule has 0 fully saturated rings. The molecule has 0 spiro atoms. The molecule has 0 aliphatic carbocycles. The molecule has 200 valence electrons. The van der Waals surface area contributed by atoms with Crippen molar-refractivity contribution in [3.8, 4) is 0 Å². The third kappa shape index (κ3) is 9.03. The lowest BCUT2D eigenvalue weighted by Gasteiger charge is -2.43. The SMILES string of the molecule is CC(C)(C)OC(=O)NC(CCCO[Si](c1ccccc1)(c1ccccc1)C(C)(C)C)CCS(=O)(=O)O. The summed E-state index contributed by atoms with van der Waals surface area (Å²) in [5.74, 6) is -0.441. The molecular weight excluding hydrogens is 494 g/mol. The number of nitrogens with one attached hydrogen (secondary N) is 1. The number of amides is 1. The first-order chi connectivity index (χ1) is 16.6. The molecule has 0 heterocycles. The van der Waals surface area contributed by atoms with E-state index in [9.17, 15) is 17.8 Å². The van der Waals surface area contributed by atoms with E-state index in [0.717, 1.165) is 0 Å². The molecule has 1 amide bonds. The first kappa shape index (κ1) is 30.0. The van der Waals surface area contributed by atoms with Crippen molar-refractivity contribution in [1.82, 2.24) is 5.32 Å². The summed E-state index contributed by atoms with van der Waals surface area (Å²) >= 11 is 0. The maximum Gasteiger partial charge on any atom is 0.407 e. The highest BCUT2D eigenvalue weighted by Gasteiger charge is 2.49. The lowest BCUT2D eigenvalue weighted by atomic mass is 10.1. The molecule has 0 saturated carbocycles. The minimum Gasteiger partial charge on any atom is -0.444 e. The van der Waals surface area contributed by atoms with E-state index in [4.69, 9.17) is 9.16 Å². The highest BCUT2D eigenvalue weighted by Crippen LogP contribution is 2.36. The molecule has 0 radical (unpaired) electrons. The average Bonchev–Trinajstić information content (AvgIpc) is 2.76. The maximum atomic E-state index is 12.3. The molecule has 0 bridgehead atoms. The number of alkyl carbamates (subject to hydrolysis) is 1. The zero-order chi connectivity index (χ0) is 27.0. The minimum absolute atomic E-state index is 0.0806. The van der Waals surface area contributed by atoms with Crippen LogP contribution in [0.2, 0.25) is 5.04 Å². The molecule has 0 aliphatic rings. The average molecular weight is 536 g/mol. The quantitative estimate of drug-likeness (QED) is 0.249. The highest BCUT2D eigenvalue weighted by atomic mass is 32.2. The van der Waals surface area contributed by atoms with Crippen LogP contribution >= 0.6 is 0 Å². The predicted molar refractivity (Wildman–Crippen MR) is 147 cm³/mol. The van der Waals surface area contributed by atoms with Crippen molar-refractivity contribution in [2.75, 3.05) is 12.4 Å². The van der Waals surface area contributed by atoms with Crippen LogP contribution in [0, 0.1) is 0 Å². The van der Waals surface area contributed by atoms with Crippen molar-refractivity contribution in [3.05, 3.63) is 60.7 Å². The minimum atomic E-state index is -4.15. The Kier molecular flexibility index (Phi) is 10.3. The summed E-state index contributed by atoms with van der Waals surface area (Å²) in [4.78, 5) is 12.3. The van der Waals surface area contributed by atoms with E-state index in [2.05, 4.69) is 50.4 Å². The Morgan fingerprint density at radius 2 is 1.42 bits per heavy atom. The number of ether oxygens (including phenoxy) is 1. The van der Waals surface area contributed by atoms with Crippen LogP contribution in [-0.2, 0) is 19.3 Å². The van der Waals surface area contributed by atoms with Crippen LogP contribution in [0.3, 0.4) is 0 Å². The van der Waals surface area contributed by atoms with Gasteiger partial charge < -0.3 is 14.5 Å². The Morgan fingerprint density at radius 1 is 0.917 bits per heavy atom. The molecule has 1 unspecified atom stereocenters. The van der Waals surface area contributed by atoms with Gasteiger partial charge in [0.25, 0.3) is 18.4 Å². The van der Waals surface area contributed by atoms with Crippen LogP contribution in [0.15, 0.2) is 60.7 Å². The van der Waals surface area contributed by atoms with Gasteiger partial charge in [0.2, 0.25) is 0 Å². The van der Waals surface area contributed by atoms with Crippen LogP contribution in [0.5, 0.6) is 0 Å². The summed E-state index contributed by atoms with van der Waals surface area (Å²) in [7, 11) is -6.83. The largest absolute Gasteiger partial charge is 0.444 e. The van der Waals surface area contributed by atoms with Crippen LogP contribution in [-0.4, -0.2) is 51.4 Å². The van der Waals surface area contributed by atoms with Crippen molar-refractivity contribution in [2.45, 2.75) is 77.5 Å². The van der Waals surface area contributed by atoms with E-state index >= 15 is 0 Å². The molecular formula is C27H41NO6SSi. The third-order valence-electron chi connectivity index (χ3n) is 5.88. The van der Waals surface area contributed by atoms with Crippen LogP contribution < -0.4 is 15.7 Å². The fourth-order valence-electron chi connectivity index (χ4n) is 4.37. The Labute approximate surface area is 217 Å². The van der Waals surface area contributed by atoms with Gasteiger partial charge in [0.15, 0.2) is 0 Å². The monoisotopic (exact) mass is 535 g/mol. The lowest BCUT2D eigenvalue weighted by Crippen LogP contribution is -2.66. The van der Waals surface area contributed by atoms with Crippen molar-refractivity contribution in [2.24, 2.45) is 0 Å². The molecule has 2 aromatic carbocycles. The Balaban J connectivity index is 2.21. The van der Waals surface area contributed by atoms with E-state index in [1.165, 1.54) is 10.4 Å². The van der Waals surface area contributed by atoms with Gasteiger partial charge in [-0.1, -0.05) is 81.4 Å². The van der Waals surface area contributed by atoms with Gasteiger partial charge in [-0.25, -0.2) is 4.79 Å². The smallest absolute Gasteiger partial charge is 0.407 e. The van der Waals surface area contributed by atoms with Crippen molar-refractivity contribution in [3.63, 3.8) is 0 Å². The van der Waals surface area contributed by atoms with Gasteiger partial charge in [0.05, 0.1) is 5.75 Å². The zero-order valence-corrected chi connectivity index (χ0v) is 24.1. The molecule has 2 rings (SSSR count). The van der Waals surface area contributed by atoms with Crippen LogP contribution in [0.1, 0.15) is 60.8 Å². The van der Waals surface area contributed by atoms with E-state index in [1.54, 1.807) is 20.8 Å². The first-order valence-electron chi connectivity index (χ1n) is 12.3. The molecule has 2 aromatic rings. The fraction of sp³-hybridized carbons (Fsp3) is 0.519. The normalized spacial score (nSPS) is 13.8. The van der Waals surface area contributed by atoms with Gasteiger partial charge in [-0.05, 0) is 55.4 Å². The molecule has 0 aliphatic heterocycles. The van der Waals surface area contributed by atoms with Gasteiger partial charge in [-0.2, -0.15) is 8.42 Å². The van der Waals surface area contributed by atoms with E-state index in [0.29, 0.717) is 19.4 Å². The van der Waals surface area contributed by atoms with Crippen LogP contribution in [0.4, 0.5) is 4.79 Å². The van der Waals surface area contributed by atoms with E-state index in [-0.39, 0.29) is 11.5 Å². The maximum absolute atomic E-state index is 12.3. The predicted octanol–water partition coefficient (Wildman–Crippen LogP) is 4.51. The summed E-state index contributed by atoms with van der Waals surface area (Å²) in [5, 5.41) is 4.96. The second-order valence-corrected chi connectivity index (χ2v) is 16.9. The summed E-state index contributed by atoms with van der Waals surface area (Å²) in [6.07, 6.45) is 0.538. The summed E-state index contributed by atoms with van der Waals surface area (Å²) in [5.41, 5.74) is -0.677. The third-order valence-corrected chi connectivity index (χ3v) is 11.7. The highest BCUT2D eigenvalue weighted by molar-refractivity contribution is 7.85. The first-order valence-corrected chi connectivity index (χ1v) is 15.9. The Hall–Kier alpha value is -2.20. The second kappa shape index (κ2) is 12.4. The number of carbonyl (C=O) groups is 1. The molecule has 0 saturated heterocycles. The number of rotatable bonds is 11. The van der Waals surface area contributed by atoms with Gasteiger partial charge in [-0.3, -0.25) is 4.55 Å². The number of carbonyl (C=O) groups excluding carboxylic acids is 1. The van der Waals surface area contributed by atoms with Crippen molar-refractivity contribution >= 4 is 34.9 Å². The fourth-order valence-corrected chi connectivity index (χ4v) is 9.56. The number of hydrogen-bond donors (Lipinski definition) is 2. The van der Waals surface area contributed by atoms with Gasteiger partial charge in [-0.15, -0.1) is 0 Å². The van der Waals surface area contributed by atoms with E-state index < -0.39 is 41.9 Å². The molecule has 0 aromatic heterocycles. The second-order valence-electron chi connectivity index (χ2n) is 11.1. The molecule has 1 atom stereocenters. The molecule has 36 heavy (non-hydrogen) atoms. The zero-order valence-electron chi connectivity index (χ0n) is 22.3. The number of benzene rings is 2. The summed E-state index contributed by atoms with van der Waals surface area (Å²) < 4.78 is 44.1. The Bertz CT molecular complexity index is 1020. The standard InChI is InChI=1S/C27H41NO6SSi/c1-26(2,3)34-25(29)28-22(19-21-35(30,31)32)14-13-20-33-36(27(4,5)6,23-15-9-7-10-16-23)24-17-11-8-12-18-24/h7-12,15-18,22H,13-14,19-21H2,1-6H3,(H,28,29)(H,30,31,32). The van der Waals surface area contributed by atoms with Crippen LogP contribution in [0.25, 0.3) is 0 Å².